The summed E-state index contributed by atoms with van der Waals surface area (Å²) in [5.74, 6) is -0.661. The zero-order valence-electron chi connectivity index (χ0n) is 21.0. The van der Waals surface area contributed by atoms with Crippen LogP contribution >= 0.6 is 12.6 Å². The van der Waals surface area contributed by atoms with Crippen molar-refractivity contribution >= 4 is 35.5 Å². The Labute approximate surface area is 223 Å². The lowest BCUT2D eigenvalue weighted by atomic mass is 10.0. The number of unbranched alkanes of at least 4 members (excludes halogenated alkanes) is 3. The molecule has 206 valence electrons. The molecule has 0 unspecified atom stereocenters. The molecule has 0 aromatic heterocycles. The van der Waals surface area contributed by atoms with Crippen molar-refractivity contribution in [3.05, 3.63) is 29.8 Å². The van der Waals surface area contributed by atoms with E-state index < -0.39 is 23.2 Å². The molecule has 10 N–H and O–H groups in total. The van der Waals surface area contributed by atoms with Crippen LogP contribution in [0.3, 0.4) is 0 Å². The molecule has 1 aliphatic heterocycles. The van der Waals surface area contributed by atoms with Gasteiger partial charge in [-0.25, -0.2) is 10.4 Å². The van der Waals surface area contributed by atoms with Crippen LogP contribution in [0.15, 0.2) is 24.3 Å². The molecule has 0 radical (unpaired) electrons. The molecule has 0 saturated carbocycles. The Morgan fingerprint density at radius 2 is 1.81 bits per heavy atom. The highest BCUT2D eigenvalue weighted by Crippen LogP contribution is 2.16. The lowest BCUT2D eigenvalue weighted by Gasteiger charge is -2.40. The third-order valence-electron chi connectivity index (χ3n) is 6.09. The molecular formula is C24H40N8O4S. The summed E-state index contributed by atoms with van der Waals surface area (Å²) in [5, 5.41) is 26.4. The van der Waals surface area contributed by atoms with Crippen LogP contribution < -0.4 is 32.8 Å². The molecule has 0 bridgehead atoms. The fourth-order valence-electron chi connectivity index (χ4n) is 4.09. The zero-order valence-corrected chi connectivity index (χ0v) is 21.9. The maximum absolute atomic E-state index is 13.0. The Bertz CT molecular complexity index is 901. The number of aromatic hydroxyl groups is 1. The number of phenols is 1. The van der Waals surface area contributed by atoms with Crippen molar-refractivity contribution in [3.8, 4) is 5.75 Å². The molecule has 1 aromatic rings. The van der Waals surface area contributed by atoms with E-state index in [1.54, 1.807) is 17.1 Å². The van der Waals surface area contributed by atoms with Crippen LogP contribution in [0.25, 0.3) is 0 Å². The minimum Gasteiger partial charge on any atom is -0.508 e. The van der Waals surface area contributed by atoms with Crippen molar-refractivity contribution in [2.24, 2.45) is 11.5 Å². The normalized spacial score (nSPS) is 18.6. The number of carbonyl (C=O) groups excluding carboxylic acids is 3. The highest BCUT2D eigenvalue weighted by molar-refractivity contribution is 7.96. The summed E-state index contributed by atoms with van der Waals surface area (Å²) in [4.78, 5) is 38.2. The molecule has 1 fully saturated rings. The van der Waals surface area contributed by atoms with Gasteiger partial charge in [0.05, 0.1) is 6.04 Å². The first-order chi connectivity index (χ1) is 17.7. The lowest BCUT2D eigenvalue weighted by molar-refractivity contribution is -0.140. The number of hydrogen-bond acceptors (Lipinski definition) is 8. The molecule has 37 heavy (non-hydrogen) atoms. The first kappa shape index (κ1) is 30.4. The molecule has 2 rings (SSSR count). The predicted molar refractivity (Wildman–Crippen MR) is 145 cm³/mol. The van der Waals surface area contributed by atoms with E-state index in [-0.39, 0.29) is 36.5 Å². The number of nitrogens with one attached hydrogen (secondary N) is 5. The molecule has 1 saturated heterocycles. The van der Waals surface area contributed by atoms with Crippen LogP contribution in [0.1, 0.15) is 44.1 Å². The van der Waals surface area contributed by atoms with Crippen molar-refractivity contribution in [2.45, 2.75) is 63.1 Å². The third-order valence-corrected chi connectivity index (χ3v) is 6.40. The van der Waals surface area contributed by atoms with Crippen molar-refractivity contribution < 1.29 is 19.5 Å². The number of thiol groups is 1. The fourth-order valence-corrected chi connectivity index (χ4v) is 4.24. The average molecular weight is 537 g/mol. The molecule has 13 heteroatoms. The molecule has 0 spiro atoms. The molecular weight excluding hydrogens is 496 g/mol. The summed E-state index contributed by atoms with van der Waals surface area (Å²) < 4.78 is 0. The number of amides is 2. The van der Waals surface area contributed by atoms with Gasteiger partial charge in [-0.3, -0.25) is 19.8 Å². The number of phenolic OH excluding ortho intramolecular Hbond substituents is 1. The van der Waals surface area contributed by atoms with Crippen LogP contribution in [0.4, 0.5) is 0 Å². The van der Waals surface area contributed by atoms with Crippen LogP contribution in [0.5, 0.6) is 5.75 Å². The van der Waals surface area contributed by atoms with E-state index in [4.69, 9.17) is 16.9 Å². The summed E-state index contributed by atoms with van der Waals surface area (Å²) in [7, 11) is 0. The van der Waals surface area contributed by atoms with Crippen molar-refractivity contribution in [2.75, 3.05) is 26.2 Å². The Morgan fingerprint density at radius 3 is 2.46 bits per heavy atom. The van der Waals surface area contributed by atoms with Crippen molar-refractivity contribution in [1.82, 2.24) is 26.4 Å². The number of piperazine rings is 1. The Kier molecular flexibility index (Phi) is 13.2. The summed E-state index contributed by atoms with van der Waals surface area (Å²) in [6, 6.07) is 4.28. The smallest absolute Gasteiger partial charge is 0.243 e. The van der Waals surface area contributed by atoms with Crippen LogP contribution in [-0.2, 0) is 20.8 Å². The zero-order chi connectivity index (χ0) is 27.2. The van der Waals surface area contributed by atoms with Gasteiger partial charge in [-0.05, 0) is 56.3 Å². The number of benzene rings is 1. The van der Waals surface area contributed by atoms with Crippen molar-refractivity contribution in [3.63, 3.8) is 0 Å². The van der Waals surface area contributed by atoms with Gasteiger partial charge >= 0.3 is 0 Å². The Hall–Kier alpha value is -2.87. The van der Waals surface area contributed by atoms with Gasteiger partial charge in [-0.15, -0.1) is 12.6 Å². The second-order valence-electron chi connectivity index (χ2n) is 9.10. The highest BCUT2D eigenvalue weighted by atomic mass is 32.1. The first-order valence-corrected chi connectivity index (χ1v) is 13.1. The number of hydrazine groups is 1. The monoisotopic (exact) mass is 536 g/mol. The minimum absolute atomic E-state index is 0.116. The van der Waals surface area contributed by atoms with E-state index in [0.717, 1.165) is 31.2 Å². The van der Waals surface area contributed by atoms with E-state index in [9.17, 15) is 19.5 Å². The maximum atomic E-state index is 13.0. The lowest BCUT2D eigenvalue weighted by Crippen LogP contribution is -2.68. The number of nitrogens with two attached hydrogens (primary N) is 2. The SMILES string of the molecule is N=C(N)NCCC[C@H]1C(=O)N[C@@H](C(=O)NCCCCCCN)CN1N[C@@H](Cc1ccc(O)cc1)C(=O)S. The number of guanidine groups is 1. The number of rotatable bonds is 16. The summed E-state index contributed by atoms with van der Waals surface area (Å²) in [5.41, 5.74) is 14.8. The number of hydrogen-bond donors (Lipinski definition) is 9. The van der Waals surface area contributed by atoms with Gasteiger partial charge < -0.3 is 32.5 Å². The topological polar surface area (TPSA) is 199 Å². The molecule has 1 aromatic carbocycles. The van der Waals surface area contributed by atoms with Gasteiger partial charge in [0.15, 0.2) is 5.96 Å². The van der Waals surface area contributed by atoms with Gasteiger partial charge in [0.2, 0.25) is 16.9 Å². The largest absolute Gasteiger partial charge is 0.508 e. The van der Waals surface area contributed by atoms with Gasteiger partial charge in [0, 0.05) is 19.6 Å². The molecule has 12 nitrogen and oxygen atoms in total. The van der Waals surface area contributed by atoms with Gasteiger partial charge in [-0.2, -0.15) is 0 Å². The maximum Gasteiger partial charge on any atom is 0.243 e. The van der Waals surface area contributed by atoms with E-state index in [1.807, 2.05) is 0 Å². The Morgan fingerprint density at radius 1 is 1.14 bits per heavy atom. The van der Waals surface area contributed by atoms with Gasteiger partial charge in [0.1, 0.15) is 17.8 Å². The fraction of sp³-hybridized carbons (Fsp3) is 0.583. The summed E-state index contributed by atoms with van der Waals surface area (Å²) in [6.07, 6.45) is 4.95. The third kappa shape index (κ3) is 11.0. The second kappa shape index (κ2) is 16.1. The standard InChI is InChI=1S/C24H40N8O4S/c25-11-3-1-2-4-12-28-21(34)19-15-32(20(22(35)30-19)6-5-13-29-24(26)27)31-18(23(36)37)14-16-7-9-17(33)10-8-16/h7-10,18-20,31,33H,1-6,11-15,25H2,(H,28,34)(H,30,35)(H,36,37)(H4,26,27,29)/t18-,19+,20-/m0/s1. The summed E-state index contributed by atoms with van der Waals surface area (Å²) >= 11 is 4.04. The molecule has 2 amide bonds. The number of nitrogens with zero attached hydrogens (tertiary/aromatic N) is 1. The van der Waals surface area contributed by atoms with Crippen LogP contribution in [0.2, 0.25) is 0 Å². The molecule has 0 aliphatic carbocycles. The predicted octanol–water partition coefficient (Wildman–Crippen LogP) is -0.668. The van der Waals surface area contributed by atoms with E-state index >= 15 is 0 Å². The number of carbonyl (C=O) groups is 3. The molecule has 1 aliphatic rings. The van der Waals surface area contributed by atoms with E-state index in [1.165, 1.54) is 12.1 Å². The van der Waals surface area contributed by atoms with Crippen LogP contribution in [-0.4, -0.2) is 77.3 Å². The summed E-state index contributed by atoms with van der Waals surface area (Å²) in [6.45, 7) is 1.71. The van der Waals surface area contributed by atoms with Gasteiger partial charge in [0.25, 0.3) is 0 Å². The van der Waals surface area contributed by atoms with Gasteiger partial charge in [-0.1, -0.05) is 25.0 Å². The average Bonchev–Trinajstić information content (AvgIpc) is 2.85. The molecule has 1 heterocycles. The molecule has 3 atom stereocenters. The van der Waals surface area contributed by atoms with Crippen LogP contribution in [0, 0.1) is 5.41 Å². The van der Waals surface area contributed by atoms with E-state index in [0.29, 0.717) is 32.5 Å². The first-order valence-electron chi connectivity index (χ1n) is 12.6. The second-order valence-corrected chi connectivity index (χ2v) is 9.54. The Balaban J connectivity index is 2.07. The minimum atomic E-state index is -0.792. The quantitative estimate of drug-likeness (QED) is 0.0569. The van der Waals surface area contributed by atoms with Crippen molar-refractivity contribution in [1.29, 1.82) is 5.41 Å². The van der Waals surface area contributed by atoms with E-state index in [2.05, 4.69) is 34.0 Å². The highest BCUT2D eigenvalue weighted by Gasteiger charge is 2.38.